The van der Waals surface area contributed by atoms with Crippen LogP contribution in [-0.4, -0.2) is 18.2 Å². The van der Waals surface area contributed by atoms with Gasteiger partial charge in [0.1, 0.15) is 22.8 Å². The van der Waals surface area contributed by atoms with Crippen LogP contribution in [0.4, 0.5) is 13.2 Å². The van der Waals surface area contributed by atoms with E-state index in [9.17, 15) is 23.1 Å². The van der Waals surface area contributed by atoms with Gasteiger partial charge in [0, 0.05) is 0 Å². The molecule has 2 aromatic rings. The van der Waals surface area contributed by atoms with Crippen LogP contribution in [0.1, 0.15) is 15.9 Å². The van der Waals surface area contributed by atoms with E-state index in [4.69, 9.17) is 16.3 Å². The number of rotatable bonds is 3. The molecule has 0 aromatic heterocycles. The molecule has 0 spiro atoms. The molecular formula is C15H10ClF3O4. The van der Waals surface area contributed by atoms with Crippen LogP contribution in [0.5, 0.6) is 17.2 Å². The first-order valence-electron chi connectivity index (χ1n) is 6.18. The average Bonchev–Trinajstić information content (AvgIpc) is 2.49. The van der Waals surface area contributed by atoms with Crippen molar-refractivity contribution in [1.82, 2.24) is 0 Å². The Morgan fingerprint density at radius 2 is 1.87 bits per heavy atom. The minimum absolute atomic E-state index is 0.0267. The highest BCUT2D eigenvalue weighted by Gasteiger charge is 2.31. The average molecular weight is 347 g/mol. The van der Waals surface area contributed by atoms with Gasteiger partial charge in [0.15, 0.2) is 0 Å². The largest absolute Gasteiger partial charge is 0.507 e. The highest BCUT2D eigenvalue weighted by atomic mass is 35.5. The maximum Gasteiger partial charge on any atom is 0.416 e. The zero-order valence-electron chi connectivity index (χ0n) is 11.6. The van der Waals surface area contributed by atoms with Gasteiger partial charge in [-0.05, 0) is 36.4 Å². The summed E-state index contributed by atoms with van der Waals surface area (Å²) in [4.78, 5) is 11.5. The standard InChI is InChI=1S/C15H10ClF3O4/c1-22-14(21)10-7-9(3-4-12(10)20)23-13-5-2-8(6-11(13)16)15(17,18)19/h2-7,20H,1H3. The summed E-state index contributed by atoms with van der Waals surface area (Å²) >= 11 is 5.78. The van der Waals surface area contributed by atoms with Crippen LogP contribution in [0, 0.1) is 0 Å². The minimum atomic E-state index is -4.52. The van der Waals surface area contributed by atoms with E-state index in [-0.39, 0.29) is 27.8 Å². The SMILES string of the molecule is COC(=O)c1cc(Oc2ccc(C(F)(F)F)cc2Cl)ccc1O. The number of alkyl halides is 3. The van der Waals surface area contributed by atoms with E-state index < -0.39 is 17.7 Å². The van der Waals surface area contributed by atoms with Crippen molar-refractivity contribution in [2.45, 2.75) is 6.18 Å². The lowest BCUT2D eigenvalue weighted by molar-refractivity contribution is -0.137. The van der Waals surface area contributed by atoms with Crippen LogP contribution >= 0.6 is 11.6 Å². The Morgan fingerprint density at radius 3 is 2.43 bits per heavy atom. The van der Waals surface area contributed by atoms with E-state index in [1.54, 1.807) is 0 Å². The molecule has 2 aromatic carbocycles. The summed E-state index contributed by atoms with van der Waals surface area (Å²) in [5, 5.41) is 9.33. The highest BCUT2D eigenvalue weighted by molar-refractivity contribution is 6.32. The van der Waals surface area contributed by atoms with E-state index in [0.717, 1.165) is 25.3 Å². The molecule has 0 aliphatic carbocycles. The summed E-state index contributed by atoms with van der Waals surface area (Å²) in [7, 11) is 1.14. The molecular weight excluding hydrogens is 337 g/mol. The third-order valence-electron chi connectivity index (χ3n) is 2.86. The molecule has 2 rings (SSSR count). The van der Waals surface area contributed by atoms with Gasteiger partial charge in [0.25, 0.3) is 0 Å². The molecule has 0 bridgehead atoms. The molecule has 0 radical (unpaired) electrons. The lowest BCUT2D eigenvalue weighted by Crippen LogP contribution is -2.04. The van der Waals surface area contributed by atoms with Crippen molar-refractivity contribution in [1.29, 1.82) is 0 Å². The van der Waals surface area contributed by atoms with E-state index in [2.05, 4.69) is 4.74 Å². The number of ether oxygens (including phenoxy) is 2. The van der Waals surface area contributed by atoms with Crippen molar-refractivity contribution < 1.29 is 32.5 Å². The van der Waals surface area contributed by atoms with Crippen LogP contribution in [0.3, 0.4) is 0 Å². The zero-order chi connectivity index (χ0) is 17.2. The Kier molecular flexibility index (Phi) is 4.70. The Hall–Kier alpha value is -2.41. The normalized spacial score (nSPS) is 11.2. The number of methoxy groups -OCH3 is 1. The van der Waals surface area contributed by atoms with Crippen molar-refractivity contribution in [2.24, 2.45) is 0 Å². The third-order valence-corrected chi connectivity index (χ3v) is 3.16. The summed E-state index contributed by atoms with van der Waals surface area (Å²) in [6.07, 6.45) is -4.52. The fraction of sp³-hybridized carbons (Fsp3) is 0.133. The first-order valence-corrected chi connectivity index (χ1v) is 6.56. The molecule has 23 heavy (non-hydrogen) atoms. The number of phenolic OH excluding ortho intramolecular Hbond substituents is 1. The van der Waals surface area contributed by atoms with Gasteiger partial charge in [0.2, 0.25) is 0 Å². The van der Waals surface area contributed by atoms with Crippen molar-refractivity contribution in [2.75, 3.05) is 7.11 Å². The van der Waals surface area contributed by atoms with E-state index >= 15 is 0 Å². The predicted molar refractivity (Wildman–Crippen MR) is 76.0 cm³/mol. The van der Waals surface area contributed by atoms with Crippen molar-refractivity contribution in [3.63, 3.8) is 0 Å². The van der Waals surface area contributed by atoms with E-state index in [0.29, 0.717) is 0 Å². The quantitative estimate of drug-likeness (QED) is 0.822. The van der Waals surface area contributed by atoms with Gasteiger partial charge < -0.3 is 14.6 Å². The van der Waals surface area contributed by atoms with Gasteiger partial charge >= 0.3 is 12.1 Å². The summed E-state index contributed by atoms with van der Waals surface area (Å²) in [6, 6.07) is 6.34. The fourth-order valence-corrected chi connectivity index (χ4v) is 1.96. The molecule has 0 amide bonds. The van der Waals surface area contributed by atoms with Crippen LogP contribution in [-0.2, 0) is 10.9 Å². The van der Waals surface area contributed by atoms with Crippen molar-refractivity contribution in [3.8, 4) is 17.2 Å². The number of aromatic hydroxyl groups is 1. The maximum absolute atomic E-state index is 12.6. The topological polar surface area (TPSA) is 55.8 Å². The number of hydrogen-bond donors (Lipinski definition) is 1. The minimum Gasteiger partial charge on any atom is -0.507 e. The number of benzene rings is 2. The number of carbonyl (C=O) groups excluding carboxylic acids is 1. The number of hydrogen-bond acceptors (Lipinski definition) is 4. The van der Waals surface area contributed by atoms with Crippen LogP contribution in [0.15, 0.2) is 36.4 Å². The van der Waals surface area contributed by atoms with Crippen LogP contribution in [0.2, 0.25) is 5.02 Å². The lowest BCUT2D eigenvalue weighted by Gasteiger charge is -2.12. The molecule has 0 aliphatic rings. The zero-order valence-corrected chi connectivity index (χ0v) is 12.4. The van der Waals surface area contributed by atoms with E-state index in [1.807, 2.05) is 0 Å². The highest BCUT2D eigenvalue weighted by Crippen LogP contribution is 2.37. The number of phenols is 1. The van der Waals surface area contributed by atoms with Crippen molar-refractivity contribution in [3.05, 3.63) is 52.5 Å². The molecule has 0 unspecified atom stereocenters. The Labute approximate surface area is 134 Å². The maximum atomic E-state index is 12.6. The summed E-state index contributed by atoms with van der Waals surface area (Å²) < 4.78 is 47.6. The number of halogens is 4. The lowest BCUT2D eigenvalue weighted by atomic mass is 10.2. The van der Waals surface area contributed by atoms with Gasteiger partial charge in [-0.15, -0.1) is 0 Å². The Bertz CT molecular complexity index is 744. The smallest absolute Gasteiger partial charge is 0.416 e. The van der Waals surface area contributed by atoms with Gasteiger partial charge in [0.05, 0.1) is 17.7 Å². The molecule has 4 nitrogen and oxygen atoms in total. The molecule has 0 heterocycles. The molecule has 0 fully saturated rings. The van der Waals surface area contributed by atoms with Crippen LogP contribution in [0.25, 0.3) is 0 Å². The predicted octanol–water partition coefficient (Wildman–Crippen LogP) is 4.64. The van der Waals surface area contributed by atoms with Gasteiger partial charge in [-0.1, -0.05) is 11.6 Å². The Morgan fingerprint density at radius 1 is 1.17 bits per heavy atom. The second-order valence-corrected chi connectivity index (χ2v) is 4.82. The van der Waals surface area contributed by atoms with Crippen molar-refractivity contribution >= 4 is 17.6 Å². The second-order valence-electron chi connectivity index (χ2n) is 4.42. The summed E-state index contributed by atoms with van der Waals surface area (Å²) in [5.41, 5.74) is -1.05. The molecule has 1 N–H and O–H groups in total. The molecule has 0 saturated carbocycles. The molecule has 122 valence electrons. The first-order chi connectivity index (χ1) is 10.7. The Balaban J connectivity index is 2.31. The summed E-state index contributed by atoms with van der Waals surface area (Å²) in [6.45, 7) is 0. The molecule has 0 aliphatic heterocycles. The van der Waals surface area contributed by atoms with E-state index in [1.165, 1.54) is 18.2 Å². The summed E-state index contributed by atoms with van der Waals surface area (Å²) in [5.74, 6) is -1.03. The molecule has 0 saturated heterocycles. The van der Waals surface area contributed by atoms with Gasteiger partial charge in [-0.3, -0.25) is 0 Å². The third kappa shape index (κ3) is 3.87. The van der Waals surface area contributed by atoms with Gasteiger partial charge in [-0.25, -0.2) is 4.79 Å². The molecule has 0 atom stereocenters. The van der Waals surface area contributed by atoms with Gasteiger partial charge in [-0.2, -0.15) is 13.2 Å². The number of carbonyl (C=O) groups is 1. The van der Waals surface area contributed by atoms with Crippen LogP contribution < -0.4 is 4.74 Å². The fourth-order valence-electron chi connectivity index (χ4n) is 1.74. The first kappa shape index (κ1) is 17.0. The second kappa shape index (κ2) is 6.37. The number of esters is 1. The monoisotopic (exact) mass is 346 g/mol. The molecule has 8 heteroatoms.